The van der Waals surface area contributed by atoms with Gasteiger partial charge in [-0.15, -0.1) is 0 Å². The van der Waals surface area contributed by atoms with Gasteiger partial charge in [-0.3, -0.25) is 10.2 Å². The zero-order valence-electron chi connectivity index (χ0n) is 19.1. The zero-order chi connectivity index (χ0) is 23.2. The maximum absolute atomic E-state index is 12.6. The number of amides is 1. The summed E-state index contributed by atoms with van der Waals surface area (Å²) in [5.41, 5.74) is 5.26. The van der Waals surface area contributed by atoms with Crippen molar-refractivity contribution in [3.63, 3.8) is 0 Å². The van der Waals surface area contributed by atoms with Crippen LogP contribution in [0.25, 0.3) is 0 Å². The number of hydrogen-bond acceptors (Lipinski definition) is 4. The molecule has 0 unspecified atom stereocenters. The largest absolute Gasteiger partial charge is 0.417 e. The van der Waals surface area contributed by atoms with Crippen LogP contribution in [0.3, 0.4) is 0 Å². The minimum absolute atomic E-state index is 0.0550. The molecule has 1 fully saturated rings. The number of benzene rings is 3. The average molecular weight is 462 g/mol. The number of fused-ring (bicyclic) bond motifs is 3. The van der Waals surface area contributed by atoms with E-state index in [9.17, 15) is 4.79 Å². The molecule has 170 valence electrons. The molecule has 5 rings (SSSR count). The fraction of sp³-hybridized carbons (Fsp3) is 0.296. The van der Waals surface area contributed by atoms with Crippen LogP contribution in [0.15, 0.2) is 66.7 Å². The number of nitrogens with one attached hydrogen (secondary N) is 1. The second-order valence-corrected chi connectivity index (χ2v) is 9.60. The lowest BCUT2D eigenvalue weighted by Gasteiger charge is -2.35. The van der Waals surface area contributed by atoms with E-state index in [4.69, 9.17) is 16.3 Å². The Balaban J connectivity index is 1.43. The number of likely N-dealkylation sites (N-methyl/N-ethyl adjacent to an activating group) is 2. The zero-order valence-corrected chi connectivity index (χ0v) is 19.9. The Kier molecular flexibility index (Phi) is 5.55. The summed E-state index contributed by atoms with van der Waals surface area (Å²) in [6.45, 7) is 2.95. The Morgan fingerprint density at radius 2 is 1.91 bits per heavy atom. The normalized spacial score (nSPS) is 21.6. The second-order valence-electron chi connectivity index (χ2n) is 9.19. The molecule has 1 N–H and O–H groups in total. The van der Waals surface area contributed by atoms with Gasteiger partial charge in [0.1, 0.15) is 5.75 Å². The number of anilines is 2. The van der Waals surface area contributed by atoms with Gasteiger partial charge in [-0.2, -0.15) is 0 Å². The number of likely N-dealkylation sites (tertiary alicyclic amines) is 1. The molecule has 3 aromatic carbocycles. The molecular formula is C27H28ClN3O2. The van der Waals surface area contributed by atoms with Gasteiger partial charge in [-0.1, -0.05) is 48.0 Å². The van der Waals surface area contributed by atoms with E-state index in [1.165, 1.54) is 16.8 Å². The molecule has 1 amide bonds. The van der Waals surface area contributed by atoms with Gasteiger partial charge in [0.05, 0.1) is 6.17 Å². The molecule has 0 spiro atoms. The average Bonchev–Trinajstić information content (AvgIpc) is 3.24. The second kappa shape index (κ2) is 8.40. The van der Waals surface area contributed by atoms with E-state index in [0.29, 0.717) is 16.5 Å². The Hall–Kier alpha value is -3.02. The number of ether oxygens (including phenoxy) is 1. The maximum atomic E-state index is 12.6. The number of carbonyl (C=O) groups is 1. The first kappa shape index (κ1) is 21.8. The van der Waals surface area contributed by atoms with Crippen LogP contribution < -0.4 is 15.0 Å². The van der Waals surface area contributed by atoms with Crippen molar-refractivity contribution in [2.45, 2.75) is 31.3 Å². The highest BCUT2D eigenvalue weighted by Gasteiger charge is 2.55. The minimum atomic E-state index is -0.529. The van der Waals surface area contributed by atoms with Gasteiger partial charge in [0.25, 0.3) is 0 Å². The molecule has 0 aliphatic carbocycles. The van der Waals surface area contributed by atoms with Crippen LogP contribution in [0, 0.1) is 6.92 Å². The molecule has 2 heterocycles. The van der Waals surface area contributed by atoms with Crippen LogP contribution in [0.1, 0.15) is 23.1 Å². The molecule has 0 saturated carbocycles. The van der Waals surface area contributed by atoms with E-state index in [1.54, 1.807) is 6.07 Å². The van der Waals surface area contributed by atoms with Crippen molar-refractivity contribution in [2.75, 3.05) is 30.9 Å². The molecule has 0 radical (unpaired) electrons. The standard InChI is InChI=1S/C27H28ClN3O2/c1-18-9-10-20(15-23(18)28)29-26(32)33-21-11-12-24-22(16-21)27(17-19-7-5-4-6-8-19)13-14-30(2)25(27)31(24)3/h4-12,15-16,25H,13-14,17H2,1-3H3,(H,29,32)/t25-,27-/m1/s1. The third kappa shape index (κ3) is 3.85. The minimum Gasteiger partial charge on any atom is -0.410 e. The molecule has 5 nitrogen and oxygen atoms in total. The van der Waals surface area contributed by atoms with Gasteiger partial charge >= 0.3 is 6.09 Å². The third-order valence-corrected chi connectivity index (χ3v) is 7.47. The molecule has 2 aliphatic heterocycles. The predicted octanol–water partition coefficient (Wildman–Crippen LogP) is 5.85. The summed E-state index contributed by atoms with van der Waals surface area (Å²) < 4.78 is 5.69. The van der Waals surface area contributed by atoms with Crippen molar-refractivity contribution in [1.29, 1.82) is 0 Å². The molecule has 2 aliphatic rings. The van der Waals surface area contributed by atoms with Gasteiger partial charge < -0.3 is 9.64 Å². The number of hydrogen-bond donors (Lipinski definition) is 1. The fourth-order valence-corrected chi connectivity index (χ4v) is 5.74. The fourth-order valence-electron chi connectivity index (χ4n) is 5.56. The first-order valence-corrected chi connectivity index (χ1v) is 11.6. The molecule has 3 aromatic rings. The molecule has 33 heavy (non-hydrogen) atoms. The lowest BCUT2D eigenvalue weighted by molar-refractivity contribution is 0.215. The van der Waals surface area contributed by atoms with E-state index in [2.05, 4.69) is 71.7 Å². The van der Waals surface area contributed by atoms with Crippen molar-refractivity contribution in [3.05, 3.63) is 88.4 Å². The summed E-state index contributed by atoms with van der Waals surface area (Å²) in [7, 11) is 4.35. The monoisotopic (exact) mass is 461 g/mol. The van der Waals surface area contributed by atoms with E-state index in [1.807, 2.05) is 25.1 Å². The molecular weight excluding hydrogens is 434 g/mol. The summed E-state index contributed by atoms with van der Waals surface area (Å²) in [5.74, 6) is 0.542. The summed E-state index contributed by atoms with van der Waals surface area (Å²) in [6.07, 6.45) is 1.74. The SMILES string of the molecule is Cc1ccc(NC(=O)Oc2ccc3c(c2)[C@]2(Cc4ccccc4)CCN(C)[C@@H]2N3C)cc1Cl. The third-order valence-electron chi connectivity index (χ3n) is 7.06. The Labute approximate surface area is 199 Å². The van der Waals surface area contributed by atoms with E-state index >= 15 is 0 Å². The van der Waals surface area contributed by atoms with Crippen LogP contribution in [-0.2, 0) is 11.8 Å². The summed E-state index contributed by atoms with van der Waals surface area (Å²) in [4.78, 5) is 17.4. The molecule has 0 aromatic heterocycles. The highest BCUT2D eigenvalue weighted by Crippen LogP contribution is 2.53. The smallest absolute Gasteiger partial charge is 0.410 e. The van der Waals surface area contributed by atoms with Gasteiger partial charge in [-0.25, -0.2) is 4.79 Å². The van der Waals surface area contributed by atoms with E-state index < -0.39 is 6.09 Å². The summed E-state index contributed by atoms with van der Waals surface area (Å²) in [5, 5.41) is 3.38. The molecule has 0 bridgehead atoms. The van der Waals surface area contributed by atoms with Gasteiger partial charge in [0.2, 0.25) is 0 Å². The van der Waals surface area contributed by atoms with Crippen molar-refractivity contribution < 1.29 is 9.53 Å². The van der Waals surface area contributed by atoms with Crippen molar-refractivity contribution in [3.8, 4) is 5.75 Å². The highest BCUT2D eigenvalue weighted by molar-refractivity contribution is 6.31. The quantitative estimate of drug-likeness (QED) is 0.529. The van der Waals surface area contributed by atoms with Crippen LogP contribution in [-0.4, -0.2) is 37.8 Å². The molecule has 6 heteroatoms. The summed E-state index contributed by atoms with van der Waals surface area (Å²) in [6, 6.07) is 22.0. The molecule has 2 atom stereocenters. The Bertz CT molecular complexity index is 1200. The van der Waals surface area contributed by atoms with Crippen LogP contribution in [0.5, 0.6) is 5.75 Å². The van der Waals surface area contributed by atoms with Crippen molar-refractivity contribution in [1.82, 2.24) is 4.90 Å². The van der Waals surface area contributed by atoms with Gasteiger partial charge in [-0.05, 0) is 73.8 Å². The lowest BCUT2D eigenvalue weighted by atomic mass is 9.74. The Morgan fingerprint density at radius 3 is 2.67 bits per heavy atom. The molecule has 1 saturated heterocycles. The Morgan fingerprint density at radius 1 is 1.12 bits per heavy atom. The first-order valence-electron chi connectivity index (χ1n) is 11.2. The van der Waals surface area contributed by atoms with Crippen molar-refractivity contribution in [2.24, 2.45) is 0 Å². The first-order chi connectivity index (χ1) is 15.9. The predicted molar refractivity (Wildman–Crippen MR) is 134 cm³/mol. The number of halogens is 1. The maximum Gasteiger partial charge on any atom is 0.417 e. The van der Waals surface area contributed by atoms with Crippen LogP contribution in [0.2, 0.25) is 5.02 Å². The topological polar surface area (TPSA) is 44.8 Å². The van der Waals surface area contributed by atoms with E-state index in [-0.39, 0.29) is 11.6 Å². The number of rotatable bonds is 4. The number of aryl methyl sites for hydroxylation is 1. The van der Waals surface area contributed by atoms with Crippen LogP contribution >= 0.6 is 11.6 Å². The highest BCUT2D eigenvalue weighted by atomic mass is 35.5. The van der Waals surface area contributed by atoms with Crippen molar-refractivity contribution >= 4 is 29.1 Å². The number of carbonyl (C=O) groups excluding carboxylic acids is 1. The van der Waals surface area contributed by atoms with Crippen LogP contribution in [0.4, 0.5) is 16.2 Å². The van der Waals surface area contributed by atoms with Gasteiger partial charge in [0, 0.05) is 35.4 Å². The number of nitrogens with zero attached hydrogens (tertiary/aromatic N) is 2. The van der Waals surface area contributed by atoms with Gasteiger partial charge in [0.15, 0.2) is 0 Å². The van der Waals surface area contributed by atoms with E-state index in [0.717, 1.165) is 24.9 Å². The lowest BCUT2D eigenvalue weighted by Crippen LogP contribution is -2.47. The summed E-state index contributed by atoms with van der Waals surface area (Å²) >= 11 is 6.18.